The lowest BCUT2D eigenvalue weighted by Gasteiger charge is -2.20. The highest BCUT2D eigenvalue weighted by Gasteiger charge is 2.28. The van der Waals surface area contributed by atoms with E-state index in [2.05, 4.69) is 16.3 Å². The number of hydrogen-bond donors (Lipinski definition) is 0. The highest BCUT2D eigenvalue weighted by Crippen LogP contribution is 2.35. The molecule has 1 aliphatic carbocycles. The van der Waals surface area contributed by atoms with Gasteiger partial charge in [-0.25, -0.2) is 0 Å². The van der Waals surface area contributed by atoms with Crippen molar-refractivity contribution < 1.29 is 14.3 Å². The van der Waals surface area contributed by atoms with Gasteiger partial charge in [0, 0.05) is 18.2 Å². The summed E-state index contributed by atoms with van der Waals surface area (Å²) in [6, 6.07) is 13.8. The van der Waals surface area contributed by atoms with Crippen LogP contribution >= 0.6 is 0 Å². The second-order valence-electron chi connectivity index (χ2n) is 8.69. The van der Waals surface area contributed by atoms with Gasteiger partial charge in [0.2, 0.25) is 5.91 Å². The first-order valence-corrected chi connectivity index (χ1v) is 11.2. The smallest absolute Gasteiger partial charge is 0.276 e. The minimum absolute atomic E-state index is 0.0635. The minimum Gasteiger partial charge on any atom is -0.491 e. The van der Waals surface area contributed by atoms with E-state index in [-0.39, 0.29) is 23.8 Å². The van der Waals surface area contributed by atoms with Crippen LogP contribution in [0.2, 0.25) is 0 Å². The van der Waals surface area contributed by atoms with Crippen LogP contribution in [0.4, 0.5) is 5.69 Å². The summed E-state index contributed by atoms with van der Waals surface area (Å²) in [5.41, 5.74) is 5.47. The van der Waals surface area contributed by atoms with Gasteiger partial charge in [-0.2, -0.15) is 0 Å². The fourth-order valence-electron chi connectivity index (χ4n) is 4.44. The average molecular weight is 440 g/mol. The standard InChI is InChI=1S/C27H25N3O3/c1-17(2)33-21-12-11-19-13-14-30(24(19)16-21)25(31)15-18-7-9-20(10-8-18)26-22-5-3-4-6-23(22)27(32)29-28-26/h3-12,16-17,23H,13-15H2,1-2H3. The van der Waals surface area contributed by atoms with E-state index < -0.39 is 0 Å². The van der Waals surface area contributed by atoms with Gasteiger partial charge in [0.25, 0.3) is 5.91 Å². The van der Waals surface area contributed by atoms with E-state index in [1.165, 1.54) is 5.56 Å². The lowest BCUT2D eigenvalue weighted by Crippen LogP contribution is -2.30. The number of ether oxygens (including phenoxy) is 1. The molecule has 0 N–H and O–H groups in total. The van der Waals surface area contributed by atoms with Crippen LogP contribution in [0.3, 0.4) is 0 Å². The van der Waals surface area contributed by atoms with Crippen molar-refractivity contribution in [1.82, 2.24) is 0 Å². The Kier molecular flexibility index (Phi) is 5.50. The van der Waals surface area contributed by atoms with Crippen LogP contribution in [0.1, 0.15) is 30.5 Å². The molecule has 2 aliphatic heterocycles. The second kappa shape index (κ2) is 8.62. The van der Waals surface area contributed by atoms with Crippen molar-refractivity contribution in [2.45, 2.75) is 32.8 Å². The number of nitrogens with zero attached hydrogens (tertiary/aromatic N) is 3. The first-order chi connectivity index (χ1) is 16.0. The Hall–Kier alpha value is -3.80. The summed E-state index contributed by atoms with van der Waals surface area (Å²) in [6.07, 6.45) is 8.76. The molecule has 6 heteroatoms. The summed E-state index contributed by atoms with van der Waals surface area (Å²) in [4.78, 5) is 27.0. The van der Waals surface area contributed by atoms with Crippen LogP contribution in [-0.2, 0) is 22.4 Å². The molecule has 0 aromatic heterocycles. The number of allylic oxidation sites excluding steroid dienone is 3. The van der Waals surface area contributed by atoms with Crippen molar-refractivity contribution in [1.29, 1.82) is 0 Å². The van der Waals surface area contributed by atoms with Gasteiger partial charge < -0.3 is 9.64 Å². The Morgan fingerprint density at radius 3 is 2.73 bits per heavy atom. The van der Waals surface area contributed by atoms with Crippen molar-refractivity contribution in [2.24, 2.45) is 16.1 Å². The number of anilines is 1. The van der Waals surface area contributed by atoms with Gasteiger partial charge in [0.05, 0.1) is 29.8 Å². The van der Waals surface area contributed by atoms with Crippen LogP contribution in [0.5, 0.6) is 5.75 Å². The van der Waals surface area contributed by atoms with E-state index in [4.69, 9.17) is 4.74 Å². The van der Waals surface area contributed by atoms with Crippen LogP contribution in [0, 0.1) is 5.92 Å². The highest BCUT2D eigenvalue weighted by atomic mass is 16.5. The molecule has 2 aromatic carbocycles. The molecule has 2 heterocycles. The molecule has 0 bridgehead atoms. The van der Waals surface area contributed by atoms with E-state index in [0.29, 0.717) is 18.7 Å². The molecule has 3 aliphatic rings. The molecule has 0 saturated carbocycles. The number of carbonyl (C=O) groups excluding carboxylic acids is 2. The van der Waals surface area contributed by atoms with Crippen molar-refractivity contribution in [2.75, 3.05) is 11.4 Å². The fourth-order valence-corrected chi connectivity index (χ4v) is 4.44. The van der Waals surface area contributed by atoms with Crippen LogP contribution < -0.4 is 9.64 Å². The first kappa shape index (κ1) is 21.1. The number of rotatable bonds is 5. The number of azo groups is 1. The average Bonchev–Trinajstić information content (AvgIpc) is 3.23. The second-order valence-corrected chi connectivity index (χ2v) is 8.69. The summed E-state index contributed by atoms with van der Waals surface area (Å²) in [7, 11) is 0. The molecule has 0 saturated heterocycles. The third kappa shape index (κ3) is 4.16. The Labute approximate surface area is 193 Å². The van der Waals surface area contributed by atoms with Gasteiger partial charge in [0.15, 0.2) is 0 Å². The van der Waals surface area contributed by atoms with Gasteiger partial charge >= 0.3 is 0 Å². The van der Waals surface area contributed by atoms with Gasteiger partial charge in [-0.1, -0.05) is 54.6 Å². The SMILES string of the molecule is CC(C)Oc1ccc2c(c1)N(C(=O)Cc1ccc(C3=C4C=CC=CC4C(=O)N=N3)cc1)CC2. The third-order valence-electron chi connectivity index (χ3n) is 6.02. The molecule has 33 heavy (non-hydrogen) atoms. The molecule has 6 nitrogen and oxygen atoms in total. The predicted octanol–water partition coefficient (Wildman–Crippen LogP) is 5.05. The Bertz CT molecular complexity index is 1240. The molecule has 5 rings (SSSR count). The van der Waals surface area contributed by atoms with E-state index >= 15 is 0 Å². The molecule has 0 radical (unpaired) electrons. The van der Waals surface area contributed by atoms with Gasteiger partial charge in [-0.05, 0) is 43.0 Å². The molecule has 166 valence electrons. The molecule has 0 spiro atoms. The summed E-state index contributed by atoms with van der Waals surface area (Å²) in [5.74, 6) is 0.230. The summed E-state index contributed by atoms with van der Waals surface area (Å²) in [6.45, 7) is 4.67. The largest absolute Gasteiger partial charge is 0.491 e. The molecule has 0 fully saturated rings. The van der Waals surface area contributed by atoms with E-state index in [1.807, 2.05) is 79.4 Å². The Morgan fingerprint density at radius 1 is 1.12 bits per heavy atom. The molecule has 2 amide bonds. The summed E-state index contributed by atoms with van der Waals surface area (Å²) < 4.78 is 5.81. The van der Waals surface area contributed by atoms with Gasteiger partial charge in [0.1, 0.15) is 5.75 Å². The van der Waals surface area contributed by atoms with E-state index in [0.717, 1.165) is 34.6 Å². The van der Waals surface area contributed by atoms with Crippen molar-refractivity contribution in [3.05, 3.63) is 89.0 Å². The lowest BCUT2D eigenvalue weighted by molar-refractivity contribution is -0.120. The Morgan fingerprint density at radius 2 is 1.94 bits per heavy atom. The van der Waals surface area contributed by atoms with Crippen molar-refractivity contribution >= 4 is 23.2 Å². The normalized spacial score (nSPS) is 18.7. The van der Waals surface area contributed by atoms with Gasteiger partial charge in [-0.15, -0.1) is 10.2 Å². The van der Waals surface area contributed by atoms with Crippen molar-refractivity contribution in [3.8, 4) is 5.75 Å². The zero-order valence-corrected chi connectivity index (χ0v) is 18.7. The fraction of sp³-hybridized carbons (Fsp3) is 0.259. The number of carbonyl (C=O) groups is 2. The molecule has 2 aromatic rings. The minimum atomic E-state index is -0.372. The monoisotopic (exact) mass is 439 g/mol. The number of fused-ring (bicyclic) bond motifs is 2. The molecule has 1 atom stereocenters. The zero-order valence-electron chi connectivity index (χ0n) is 18.7. The molecular weight excluding hydrogens is 414 g/mol. The summed E-state index contributed by atoms with van der Waals surface area (Å²) >= 11 is 0. The Balaban J connectivity index is 1.33. The predicted molar refractivity (Wildman–Crippen MR) is 127 cm³/mol. The van der Waals surface area contributed by atoms with Crippen molar-refractivity contribution in [3.63, 3.8) is 0 Å². The van der Waals surface area contributed by atoms with Crippen LogP contribution in [0.25, 0.3) is 5.70 Å². The molecule has 1 unspecified atom stereocenters. The maximum Gasteiger partial charge on any atom is 0.276 e. The van der Waals surface area contributed by atoms with E-state index in [1.54, 1.807) is 0 Å². The molecular formula is C27H25N3O3. The topological polar surface area (TPSA) is 71.3 Å². The van der Waals surface area contributed by atoms with E-state index in [9.17, 15) is 9.59 Å². The van der Waals surface area contributed by atoms with Crippen LogP contribution in [0.15, 0.2) is 82.6 Å². The number of benzene rings is 2. The van der Waals surface area contributed by atoms with Gasteiger partial charge in [-0.3, -0.25) is 9.59 Å². The zero-order chi connectivity index (χ0) is 22.9. The maximum absolute atomic E-state index is 13.1. The number of hydrogen-bond acceptors (Lipinski definition) is 4. The lowest BCUT2D eigenvalue weighted by atomic mass is 9.89. The third-order valence-corrected chi connectivity index (χ3v) is 6.02. The van der Waals surface area contributed by atoms with Crippen LogP contribution in [-0.4, -0.2) is 24.5 Å². The number of amides is 2. The maximum atomic E-state index is 13.1. The quantitative estimate of drug-likeness (QED) is 0.654. The highest BCUT2D eigenvalue weighted by molar-refractivity contribution is 5.97. The first-order valence-electron chi connectivity index (χ1n) is 11.2. The summed E-state index contributed by atoms with van der Waals surface area (Å²) in [5, 5.41) is 7.97.